The molecule has 3 aliphatic rings. The van der Waals surface area contributed by atoms with Crippen molar-refractivity contribution < 1.29 is 4.74 Å². The highest BCUT2D eigenvalue weighted by atomic mass is 16.5. The van der Waals surface area contributed by atoms with E-state index in [1.54, 1.807) is 0 Å². The molecule has 0 spiro atoms. The van der Waals surface area contributed by atoms with Crippen molar-refractivity contribution in [3.63, 3.8) is 0 Å². The van der Waals surface area contributed by atoms with E-state index in [0.717, 1.165) is 30.8 Å². The lowest BCUT2D eigenvalue weighted by Gasteiger charge is -2.25. The third-order valence-corrected chi connectivity index (χ3v) is 7.51. The second kappa shape index (κ2) is 11.9. The van der Waals surface area contributed by atoms with Crippen LogP contribution in [0.4, 0.5) is 0 Å². The van der Waals surface area contributed by atoms with Gasteiger partial charge in [0.2, 0.25) is 0 Å². The Bertz CT molecular complexity index is 917. The highest BCUT2D eigenvalue weighted by molar-refractivity contribution is 5.60. The van der Waals surface area contributed by atoms with E-state index in [4.69, 9.17) is 4.74 Å². The van der Waals surface area contributed by atoms with Crippen LogP contribution in [0.1, 0.15) is 73.6 Å². The normalized spacial score (nSPS) is 19.3. The molecule has 3 aliphatic heterocycles. The predicted octanol–water partition coefficient (Wildman–Crippen LogP) is 7.16. The average Bonchev–Trinajstić information content (AvgIpc) is 2.89. The molecular formula is C31H40N2O. The van der Waals surface area contributed by atoms with Crippen LogP contribution in [0.15, 0.2) is 48.6 Å². The second-order valence-electron chi connectivity index (χ2n) is 10.2. The van der Waals surface area contributed by atoms with Crippen LogP contribution < -0.4 is 4.74 Å². The summed E-state index contributed by atoms with van der Waals surface area (Å²) < 4.78 is 6.24. The van der Waals surface area contributed by atoms with Crippen molar-refractivity contribution in [2.24, 2.45) is 0 Å². The molecule has 0 saturated carbocycles. The lowest BCUT2D eigenvalue weighted by atomic mass is 9.96. The summed E-state index contributed by atoms with van der Waals surface area (Å²) in [6.45, 7) is 7.48. The van der Waals surface area contributed by atoms with Crippen molar-refractivity contribution in [1.29, 1.82) is 0 Å². The smallest absolute Gasteiger partial charge is 0.131 e. The number of benzene rings is 2. The molecule has 180 valence electrons. The maximum atomic E-state index is 6.24. The number of rotatable bonds is 8. The standard InChI is InChI=1S/C31H40N2O/c1-5-17-32(18-6-1)21-9-3-11-26-13-15-30-28(23-26)25-29-24-27(14-16-31(29)34-30)12-4-10-22-33-19-7-2-8-20-33/h3-4,11-16,23-24H,1-2,5-10,17-22,25H2/b11-3+,12-4+. The molecule has 2 aromatic carbocycles. The Hall–Kier alpha value is -2.36. The lowest BCUT2D eigenvalue weighted by molar-refractivity contribution is 0.233. The van der Waals surface area contributed by atoms with Crippen LogP contribution in [0.3, 0.4) is 0 Å². The fourth-order valence-electron chi connectivity index (χ4n) is 5.52. The van der Waals surface area contributed by atoms with Crippen LogP contribution in [0.25, 0.3) is 12.2 Å². The van der Waals surface area contributed by atoms with E-state index in [0.29, 0.717) is 0 Å². The Kier molecular flexibility index (Phi) is 8.16. The number of ether oxygens (including phenoxy) is 1. The van der Waals surface area contributed by atoms with E-state index in [1.807, 2.05) is 0 Å². The molecule has 0 aromatic heterocycles. The first-order chi connectivity index (χ1) is 16.8. The molecule has 3 heterocycles. The molecule has 0 unspecified atom stereocenters. The monoisotopic (exact) mass is 456 g/mol. The summed E-state index contributed by atoms with van der Waals surface area (Å²) >= 11 is 0. The van der Waals surface area contributed by atoms with Crippen molar-refractivity contribution in [2.75, 3.05) is 39.3 Å². The fourth-order valence-corrected chi connectivity index (χ4v) is 5.52. The van der Waals surface area contributed by atoms with E-state index in [2.05, 4.69) is 70.5 Å². The molecule has 34 heavy (non-hydrogen) atoms. The Morgan fingerprint density at radius 2 is 1.09 bits per heavy atom. The summed E-state index contributed by atoms with van der Waals surface area (Å²) in [6, 6.07) is 13.2. The molecule has 2 aromatic rings. The molecule has 0 N–H and O–H groups in total. The van der Waals surface area contributed by atoms with Crippen LogP contribution in [0, 0.1) is 0 Å². The maximum Gasteiger partial charge on any atom is 0.131 e. The quantitative estimate of drug-likeness (QED) is 0.358. The highest BCUT2D eigenvalue weighted by Crippen LogP contribution is 2.37. The molecule has 0 amide bonds. The number of nitrogens with zero attached hydrogens (tertiary/aromatic N) is 2. The van der Waals surface area contributed by atoms with E-state index >= 15 is 0 Å². The molecule has 3 nitrogen and oxygen atoms in total. The van der Waals surface area contributed by atoms with Gasteiger partial charge >= 0.3 is 0 Å². The van der Waals surface area contributed by atoms with Crippen LogP contribution in [0.5, 0.6) is 11.5 Å². The number of hydrogen-bond acceptors (Lipinski definition) is 3. The van der Waals surface area contributed by atoms with E-state index < -0.39 is 0 Å². The second-order valence-corrected chi connectivity index (χ2v) is 10.2. The summed E-state index contributed by atoms with van der Waals surface area (Å²) in [4.78, 5) is 5.20. The molecule has 0 atom stereocenters. The summed E-state index contributed by atoms with van der Waals surface area (Å²) in [5.41, 5.74) is 5.13. The van der Waals surface area contributed by atoms with E-state index in [-0.39, 0.29) is 0 Å². The molecule has 5 rings (SSSR count). The molecule has 2 fully saturated rings. The van der Waals surface area contributed by atoms with Crippen molar-refractivity contribution in [1.82, 2.24) is 9.80 Å². The number of piperidine rings is 2. The number of hydrogen-bond donors (Lipinski definition) is 0. The highest BCUT2D eigenvalue weighted by Gasteiger charge is 2.17. The van der Waals surface area contributed by atoms with Gasteiger partial charge in [0, 0.05) is 19.5 Å². The molecule has 0 bridgehead atoms. The zero-order chi connectivity index (χ0) is 23.0. The Balaban J connectivity index is 1.15. The Morgan fingerprint density at radius 1 is 0.618 bits per heavy atom. The van der Waals surface area contributed by atoms with Crippen LogP contribution in [0.2, 0.25) is 0 Å². The topological polar surface area (TPSA) is 15.7 Å². The van der Waals surface area contributed by atoms with Crippen LogP contribution >= 0.6 is 0 Å². The Morgan fingerprint density at radius 3 is 1.56 bits per heavy atom. The summed E-state index contributed by atoms with van der Waals surface area (Å²) in [5, 5.41) is 0. The van der Waals surface area contributed by atoms with Crippen molar-refractivity contribution in [2.45, 2.75) is 57.8 Å². The van der Waals surface area contributed by atoms with E-state index in [9.17, 15) is 0 Å². The molecular weight excluding hydrogens is 416 g/mol. The van der Waals surface area contributed by atoms with Gasteiger partial charge in [0.25, 0.3) is 0 Å². The minimum absolute atomic E-state index is 0.940. The molecule has 3 heteroatoms. The van der Waals surface area contributed by atoms with Crippen molar-refractivity contribution in [3.05, 3.63) is 70.8 Å². The fraction of sp³-hybridized carbons (Fsp3) is 0.484. The molecule has 0 radical (unpaired) electrons. The largest absolute Gasteiger partial charge is 0.457 e. The minimum Gasteiger partial charge on any atom is -0.457 e. The third-order valence-electron chi connectivity index (χ3n) is 7.51. The molecule has 2 saturated heterocycles. The van der Waals surface area contributed by atoms with Gasteiger partial charge in [0.15, 0.2) is 0 Å². The SMILES string of the molecule is C(=C\c1ccc2c(c1)Cc1cc(/C=C/CCN3CCCCC3)ccc1O2)/CCN1CCCCC1. The van der Waals surface area contributed by atoms with Crippen molar-refractivity contribution in [3.8, 4) is 11.5 Å². The summed E-state index contributed by atoms with van der Waals surface area (Å²) in [6.07, 6.45) is 20.7. The van der Waals surface area contributed by atoms with Crippen molar-refractivity contribution >= 4 is 12.2 Å². The maximum absolute atomic E-state index is 6.24. The van der Waals surface area contributed by atoms with Gasteiger partial charge < -0.3 is 14.5 Å². The van der Waals surface area contributed by atoms with Gasteiger partial charge in [-0.3, -0.25) is 0 Å². The first kappa shape index (κ1) is 23.4. The van der Waals surface area contributed by atoms with Gasteiger partial charge in [-0.2, -0.15) is 0 Å². The average molecular weight is 457 g/mol. The predicted molar refractivity (Wildman–Crippen MR) is 144 cm³/mol. The first-order valence-corrected chi connectivity index (χ1v) is 13.5. The number of likely N-dealkylation sites (tertiary alicyclic amines) is 2. The van der Waals surface area contributed by atoms with Gasteiger partial charge in [0.05, 0.1) is 0 Å². The first-order valence-electron chi connectivity index (χ1n) is 13.5. The van der Waals surface area contributed by atoms with Gasteiger partial charge in [-0.1, -0.05) is 49.3 Å². The molecule has 0 aliphatic carbocycles. The summed E-state index contributed by atoms with van der Waals surface area (Å²) in [5.74, 6) is 2.01. The Labute approximate surface area is 206 Å². The van der Waals surface area contributed by atoms with Gasteiger partial charge in [-0.05, 0) is 111 Å². The summed E-state index contributed by atoms with van der Waals surface area (Å²) in [7, 11) is 0. The van der Waals surface area contributed by atoms with Gasteiger partial charge in [-0.25, -0.2) is 0 Å². The zero-order valence-corrected chi connectivity index (χ0v) is 20.7. The van der Waals surface area contributed by atoms with E-state index in [1.165, 1.54) is 100 Å². The third kappa shape index (κ3) is 6.40. The van der Waals surface area contributed by atoms with Gasteiger partial charge in [-0.15, -0.1) is 0 Å². The number of fused-ring (bicyclic) bond motifs is 2. The zero-order valence-electron chi connectivity index (χ0n) is 20.7. The van der Waals surface area contributed by atoms with Gasteiger partial charge in [0.1, 0.15) is 11.5 Å². The lowest BCUT2D eigenvalue weighted by Crippen LogP contribution is -2.30. The van der Waals surface area contributed by atoms with Crippen LogP contribution in [-0.2, 0) is 6.42 Å². The minimum atomic E-state index is 0.940. The van der Waals surface area contributed by atoms with Crippen LogP contribution in [-0.4, -0.2) is 49.1 Å².